The number of hydrogen-bond donors (Lipinski definition) is 0. The number of aromatic nitrogens is 3. The first-order valence-corrected chi connectivity index (χ1v) is 5.97. The molecule has 0 aliphatic heterocycles. The fourth-order valence-corrected chi connectivity index (χ4v) is 1.84. The molecule has 0 aliphatic carbocycles. The Kier molecular flexibility index (Phi) is 2.97. The van der Waals surface area contributed by atoms with E-state index in [1.807, 2.05) is 0 Å². The van der Waals surface area contributed by atoms with Gasteiger partial charge in [0.1, 0.15) is 11.4 Å². The minimum atomic E-state index is -4.71. The zero-order valence-corrected chi connectivity index (χ0v) is 8.86. The third-order valence-corrected chi connectivity index (χ3v) is 2.42. The van der Waals surface area contributed by atoms with Crippen LogP contribution in [0.15, 0.2) is 0 Å². The Morgan fingerprint density at radius 3 is 2.40 bits per heavy atom. The van der Waals surface area contributed by atoms with Crippen molar-refractivity contribution in [3.05, 3.63) is 11.4 Å². The van der Waals surface area contributed by atoms with Crippen LogP contribution < -0.4 is 0 Å². The molecule has 1 aromatic heterocycles. The second-order valence-corrected chi connectivity index (χ2v) is 5.47. The van der Waals surface area contributed by atoms with Gasteiger partial charge in [0.2, 0.25) is 9.05 Å². The van der Waals surface area contributed by atoms with Crippen LogP contribution in [0.5, 0.6) is 0 Å². The van der Waals surface area contributed by atoms with Gasteiger partial charge in [-0.3, -0.25) is 0 Å². The van der Waals surface area contributed by atoms with Crippen LogP contribution in [0.2, 0.25) is 0 Å². The molecule has 0 atom stereocenters. The van der Waals surface area contributed by atoms with Gasteiger partial charge < -0.3 is 0 Å². The Labute approximate surface area is 87.3 Å². The summed E-state index contributed by atoms with van der Waals surface area (Å²) in [6.45, 7) is 0. The molecular weight excluding hydrogens is 259 g/mol. The number of hydrogen-bond acceptors (Lipinski definition) is 4. The summed E-state index contributed by atoms with van der Waals surface area (Å²) in [4.78, 5) is 0. The lowest BCUT2D eigenvalue weighted by atomic mass is 10.3. The van der Waals surface area contributed by atoms with E-state index in [-0.39, 0.29) is 0 Å². The first kappa shape index (κ1) is 12.2. The van der Waals surface area contributed by atoms with Crippen molar-refractivity contribution in [2.24, 2.45) is 7.05 Å². The van der Waals surface area contributed by atoms with Gasteiger partial charge in [-0.25, -0.2) is 13.1 Å². The predicted octanol–water partition coefficient (Wildman–Crippen LogP) is 0.903. The van der Waals surface area contributed by atoms with E-state index in [4.69, 9.17) is 10.7 Å². The number of halogens is 4. The predicted molar refractivity (Wildman–Crippen MR) is 44.5 cm³/mol. The highest BCUT2D eigenvalue weighted by atomic mass is 35.7. The lowest BCUT2D eigenvalue weighted by Gasteiger charge is -2.06. The van der Waals surface area contributed by atoms with E-state index in [2.05, 4.69) is 10.3 Å². The van der Waals surface area contributed by atoms with Crippen molar-refractivity contribution in [1.82, 2.24) is 15.0 Å². The Bertz CT molecular complexity index is 466. The Hall–Kier alpha value is -0.830. The van der Waals surface area contributed by atoms with Gasteiger partial charge in [0.25, 0.3) is 0 Å². The van der Waals surface area contributed by atoms with Crippen LogP contribution >= 0.6 is 10.7 Å². The molecule has 0 bridgehead atoms. The third-order valence-electron chi connectivity index (χ3n) is 1.47. The minimum absolute atomic E-state index is 0.456. The number of nitrogens with zero attached hydrogens (tertiary/aromatic N) is 3. The molecule has 0 radical (unpaired) electrons. The zero-order valence-electron chi connectivity index (χ0n) is 7.29. The number of aryl methyl sites for hydroxylation is 1. The average molecular weight is 264 g/mol. The van der Waals surface area contributed by atoms with Crippen molar-refractivity contribution >= 4 is 19.7 Å². The number of alkyl halides is 3. The van der Waals surface area contributed by atoms with Gasteiger partial charge in [-0.15, -0.1) is 5.10 Å². The highest BCUT2D eigenvalue weighted by Gasteiger charge is 2.39. The Morgan fingerprint density at radius 1 is 1.47 bits per heavy atom. The van der Waals surface area contributed by atoms with Crippen LogP contribution in [0.1, 0.15) is 11.4 Å². The molecule has 1 heterocycles. The molecule has 0 saturated carbocycles. The fourth-order valence-electron chi connectivity index (χ4n) is 1.01. The maximum absolute atomic E-state index is 12.4. The van der Waals surface area contributed by atoms with E-state index in [0.29, 0.717) is 4.68 Å². The molecule has 0 spiro atoms. The summed E-state index contributed by atoms with van der Waals surface area (Å²) < 4.78 is 58.8. The summed E-state index contributed by atoms with van der Waals surface area (Å²) in [5.74, 6) is -1.00. The first-order valence-electron chi connectivity index (χ1n) is 3.49. The monoisotopic (exact) mass is 263 g/mol. The van der Waals surface area contributed by atoms with Crippen molar-refractivity contribution in [1.29, 1.82) is 0 Å². The molecular formula is C5H5ClF3N3O2S. The summed E-state index contributed by atoms with van der Waals surface area (Å²) in [6, 6.07) is 0. The van der Waals surface area contributed by atoms with Gasteiger partial charge in [-0.05, 0) is 0 Å². The molecule has 0 unspecified atom stereocenters. The summed E-state index contributed by atoms with van der Waals surface area (Å²) in [7, 11) is 1.75. The van der Waals surface area contributed by atoms with Crippen molar-refractivity contribution in [3.8, 4) is 0 Å². The molecule has 0 saturated heterocycles. The van der Waals surface area contributed by atoms with Crippen molar-refractivity contribution < 1.29 is 21.6 Å². The summed E-state index contributed by atoms with van der Waals surface area (Å²) in [5, 5.41) is 6.19. The van der Waals surface area contributed by atoms with E-state index in [9.17, 15) is 21.6 Å². The summed E-state index contributed by atoms with van der Waals surface area (Å²) >= 11 is 0. The lowest BCUT2D eigenvalue weighted by molar-refractivity contribution is -0.144. The van der Waals surface area contributed by atoms with Crippen LogP contribution in [0, 0.1) is 0 Å². The number of rotatable bonds is 2. The maximum Gasteiger partial charge on any atom is 0.434 e. The first-order chi connectivity index (χ1) is 6.61. The van der Waals surface area contributed by atoms with Crippen LogP contribution in [-0.4, -0.2) is 23.4 Å². The summed E-state index contributed by atoms with van der Waals surface area (Å²) in [5.41, 5.74) is -1.92. The largest absolute Gasteiger partial charge is 0.434 e. The van der Waals surface area contributed by atoms with Crippen LogP contribution in [-0.2, 0) is 28.0 Å². The molecule has 0 aromatic carbocycles. The molecule has 10 heteroatoms. The molecule has 15 heavy (non-hydrogen) atoms. The molecule has 1 aromatic rings. The second-order valence-electron chi connectivity index (χ2n) is 2.69. The van der Waals surface area contributed by atoms with Crippen molar-refractivity contribution in [3.63, 3.8) is 0 Å². The van der Waals surface area contributed by atoms with Gasteiger partial charge in [0, 0.05) is 17.7 Å². The van der Waals surface area contributed by atoms with Gasteiger partial charge >= 0.3 is 6.18 Å². The van der Waals surface area contributed by atoms with E-state index in [1.54, 1.807) is 0 Å². The molecule has 0 aliphatic rings. The maximum atomic E-state index is 12.4. The van der Waals surface area contributed by atoms with Gasteiger partial charge in [-0.1, -0.05) is 5.21 Å². The SMILES string of the molecule is Cn1nnc(CS(=O)(=O)Cl)c1C(F)(F)F. The van der Waals surface area contributed by atoms with Gasteiger partial charge in [0.05, 0.1) is 0 Å². The fraction of sp³-hybridized carbons (Fsp3) is 0.600. The van der Waals surface area contributed by atoms with Crippen molar-refractivity contribution in [2.75, 3.05) is 0 Å². The zero-order chi connectivity index (χ0) is 11.9. The third kappa shape index (κ3) is 3.06. The highest BCUT2D eigenvalue weighted by Crippen LogP contribution is 2.31. The normalized spacial score (nSPS) is 13.1. The highest BCUT2D eigenvalue weighted by molar-refractivity contribution is 8.13. The molecule has 0 fully saturated rings. The smallest absolute Gasteiger partial charge is 0.243 e. The standard InChI is InChI=1S/C5H5ClF3N3O2S/c1-12-4(5(7,8)9)3(10-11-12)2-15(6,13)14/h2H2,1H3. The molecule has 0 N–H and O–H groups in total. The van der Waals surface area contributed by atoms with E-state index >= 15 is 0 Å². The molecule has 5 nitrogen and oxygen atoms in total. The van der Waals surface area contributed by atoms with Crippen LogP contribution in [0.25, 0.3) is 0 Å². The lowest BCUT2D eigenvalue weighted by Crippen LogP contribution is -2.15. The molecule has 86 valence electrons. The Balaban J connectivity index is 3.22. The van der Waals surface area contributed by atoms with Crippen molar-refractivity contribution in [2.45, 2.75) is 11.9 Å². The van der Waals surface area contributed by atoms with E-state index in [1.165, 1.54) is 0 Å². The Morgan fingerprint density at radius 2 is 2.00 bits per heavy atom. The second kappa shape index (κ2) is 3.63. The topological polar surface area (TPSA) is 64.8 Å². The average Bonchev–Trinajstić information content (AvgIpc) is 2.25. The van der Waals surface area contributed by atoms with Crippen LogP contribution in [0.3, 0.4) is 0 Å². The van der Waals surface area contributed by atoms with Gasteiger partial charge in [-0.2, -0.15) is 13.2 Å². The van der Waals surface area contributed by atoms with E-state index < -0.39 is 32.4 Å². The van der Waals surface area contributed by atoms with Crippen LogP contribution in [0.4, 0.5) is 13.2 Å². The minimum Gasteiger partial charge on any atom is -0.243 e. The van der Waals surface area contributed by atoms with Gasteiger partial charge in [0.15, 0.2) is 5.69 Å². The quantitative estimate of drug-likeness (QED) is 0.744. The summed E-state index contributed by atoms with van der Waals surface area (Å²) in [6.07, 6.45) is -4.71. The molecule has 0 amide bonds. The van der Waals surface area contributed by atoms with E-state index in [0.717, 1.165) is 7.05 Å². The molecule has 1 rings (SSSR count).